The van der Waals surface area contributed by atoms with Crippen molar-refractivity contribution < 1.29 is 0 Å². The van der Waals surface area contributed by atoms with Crippen LogP contribution >= 0.6 is 45.8 Å². The molecule has 0 fully saturated rings. The summed E-state index contributed by atoms with van der Waals surface area (Å²) in [5.41, 5.74) is 0. The highest BCUT2D eigenvalue weighted by Crippen LogP contribution is 2.30. The molecule has 3 aromatic carbocycles. The average molecular weight is 416 g/mol. The molecule has 6 heteroatoms. The lowest BCUT2D eigenvalue weighted by atomic mass is 10.4. The topological polar surface area (TPSA) is 0 Å². The third-order valence-corrected chi connectivity index (χ3v) is 5.17. The van der Waals surface area contributed by atoms with Crippen LogP contribution in [0.25, 0.3) is 0 Å². The van der Waals surface area contributed by atoms with Crippen LogP contribution < -0.4 is 0 Å². The normalized spacial score (nSPS) is 10.9. The van der Waals surface area contributed by atoms with Crippen molar-refractivity contribution >= 4 is 60.5 Å². The summed E-state index contributed by atoms with van der Waals surface area (Å²) in [5, 5.41) is 0. The first kappa shape index (κ1) is 19.6. The lowest BCUT2D eigenvalue weighted by molar-refractivity contribution is 1.32. The minimum absolute atomic E-state index is 0.0146. The third-order valence-electron chi connectivity index (χ3n) is 2.94. The van der Waals surface area contributed by atoms with E-state index in [1.54, 1.807) is 0 Å². The van der Waals surface area contributed by atoms with Crippen LogP contribution in [0.1, 0.15) is 0 Å². The van der Waals surface area contributed by atoms with Crippen LogP contribution in [0.15, 0.2) is 106 Å². The Balaban J connectivity index is 0.000000368. The number of hydrogen-bond donors (Lipinski definition) is 0. The summed E-state index contributed by atoms with van der Waals surface area (Å²) in [6.07, 6.45) is 0. The van der Waals surface area contributed by atoms with Gasteiger partial charge in [0.25, 0.3) is 0 Å². The molecule has 0 saturated carbocycles. The van der Waals surface area contributed by atoms with Gasteiger partial charge in [0.2, 0.25) is 0 Å². The SMILES string of the molecule is Cl[B-](Cl)(Cl)Cl.c1ccc([S+](c2ccccc2)c2ccccc2)cc1. The van der Waals surface area contributed by atoms with Crippen LogP contribution in [0.4, 0.5) is 0 Å². The van der Waals surface area contributed by atoms with Crippen molar-refractivity contribution in [2.24, 2.45) is 0 Å². The Morgan fingerprint density at radius 3 is 0.875 bits per heavy atom. The van der Waals surface area contributed by atoms with Crippen LogP contribution in [0, 0.1) is 0 Å². The van der Waals surface area contributed by atoms with E-state index >= 15 is 0 Å². The average Bonchev–Trinajstić information content (AvgIpc) is 2.57. The van der Waals surface area contributed by atoms with E-state index in [2.05, 4.69) is 91.0 Å². The summed E-state index contributed by atoms with van der Waals surface area (Å²) in [6, 6.07) is 32.2. The molecule has 0 saturated heterocycles. The van der Waals surface area contributed by atoms with Gasteiger partial charge in [-0.2, -0.15) is 0 Å². The summed E-state index contributed by atoms with van der Waals surface area (Å²) >= 11 is 19.6. The highest BCUT2D eigenvalue weighted by molar-refractivity contribution is 7.97. The van der Waals surface area contributed by atoms with Gasteiger partial charge in [0.05, 0.1) is 10.9 Å². The van der Waals surface area contributed by atoms with Gasteiger partial charge in [-0.05, 0) is 36.4 Å². The molecule has 0 radical (unpaired) electrons. The number of benzene rings is 3. The lowest BCUT2D eigenvalue weighted by Gasteiger charge is -2.07. The Bertz CT molecular complexity index is 618. The first-order chi connectivity index (χ1) is 11.4. The Labute approximate surface area is 165 Å². The molecular weight excluding hydrogens is 401 g/mol. The molecule has 0 heterocycles. The van der Waals surface area contributed by atoms with E-state index in [4.69, 9.17) is 45.8 Å². The fraction of sp³-hybridized carbons (Fsp3) is 0. The van der Waals surface area contributed by atoms with Gasteiger partial charge in [0.15, 0.2) is 14.7 Å². The molecule has 0 aliphatic heterocycles. The van der Waals surface area contributed by atoms with Crippen LogP contribution in [0.3, 0.4) is 0 Å². The molecule has 124 valence electrons. The van der Waals surface area contributed by atoms with Gasteiger partial charge in [-0.25, -0.2) is 0 Å². The number of rotatable bonds is 3. The van der Waals surface area contributed by atoms with Crippen LogP contribution in [-0.4, -0.2) is 3.81 Å². The van der Waals surface area contributed by atoms with Crippen molar-refractivity contribution in [2.75, 3.05) is 0 Å². The van der Waals surface area contributed by atoms with Gasteiger partial charge >= 0.3 is 3.81 Å². The Kier molecular flexibility index (Phi) is 7.86. The summed E-state index contributed by atoms with van der Waals surface area (Å²) < 4.78 is -2.11. The number of halogens is 4. The van der Waals surface area contributed by atoms with E-state index in [1.807, 2.05) is 0 Å². The number of hydrogen-bond acceptors (Lipinski definition) is 0. The Morgan fingerprint density at radius 1 is 0.458 bits per heavy atom. The second-order valence-electron chi connectivity index (χ2n) is 4.74. The maximum atomic E-state index is 4.89. The molecule has 0 aliphatic carbocycles. The van der Waals surface area contributed by atoms with Crippen LogP contribution in [0.2, 0.25) is 0 Å². The van der Waals surface area contributed by atoms with Crippen molar-refractivity contribution in [3.05, 3.63) is 91.0 Å². The molecule has 0 aliphatic rings. The van der Waals surface area contributed by atoms with Crippen molar-refractivity contribution in [3.63, 3.8) is 0 Å². The second kappa shape index (κ2) is 9.65. The van der Waals surface area contributed by atoms with Gasteiger partial charge in [-0.3, -0.25) is 0 Å². The van der Waals surface area contributed by atoms with Crippen LogP contribution in [0.5, 0.6) is 0 Å². The van der Waals surface area contributed by atoms with E-state index in [1.165, 1.54) is 14.7 Å². The maximum absolute atomic E-state index is 4.89. The minimum Gasteiger partial charge on any atom is -0.332 e. The highest BCUT2D eigenvalue weighted by atomic mass is 35.6. The Morgan fingerprint density at radius 2 is 0.667 bits per heavy atom. The largest absolute Gasteiger partial charge is 0.332 e. The van der Waals surface area contributed by atoms with E-state index < -0.39 is 3.81 Å². The molecule has 3 aromatic rings. The molecule has 0 aromatic heterocycles. The van der Waals surface area contributed by atoms with Gasteiger partial charge in [0.1, 0.15) is 0 Å². The highest BCUT2D eigenvalue weighted by Gasteiger charge is 2.27. The van der Waals surface area contributed by atoms with E-state index in [9.17, 15) is 0 Å². The predicted molar refractivity (Wildman–Crippen MR) is 111 cm³/mol. The molecule has 0 atom stereocenters. The Hall–Kier alpha value is -0.765. The standard InChI is InChI=1S/C18H15S.BCl4/c1-4-10-16(11-5-1)19(17-12-6-2-7-13-17)18-14-8-3-9-15-18;2-1(3,4)5/h1-15H;/q+1;-1. The van der Waals surface area contributed by atoms with Gasteiger partial charge in [-0.15, -0.1) is 0 Å². The molecule has 0 amide bonds. The van der Waals surface area contributed by atoms with Gasteiger partial charge in [-0.1, -0.05) is 54.6 Å². The van der Waals surface area contributed by atoms with Crippen molar-refractivity contribution in [3.8, 4) is 0 Å². The summed E-state index contributed by atoms with van der Waals surface area (Å²) in [7, 11) is -0.0146. The van der Waals surface area contributed by atoms with Crippen LogP contribution in [-0.2, 0) is 10.9 Å². The van der Waals surface area contributed by atoms with Gasteiger partial charge < -0.3 is 45.8 Å². The third kappa shape index (κ3) is 7.00. The zero-order valence-electron chi connectivity index (χ0n) is 12.7. The molecule has 0 N–H and O–H groups in total. The lowest BCUT2D eigenvalue weighted by Crippen LogP contribution is -2.04. The zero-order chi connectivity index (χ0) is 17.4. The molecule has 0 spiro atoms. The molecular formula is C18H15BCl4S. The summed E-state index contributed by atoms with van der Waals surface area (Å²) in [5.74, 6) is 0. The molecule has 0 unspecified atom stereocenters. The van der Waals surface area contributed by atoms with Crippen molar-refractivity contribution in [1.82, 2.24) is 0 Å². The van der Waals surface area contributed by atoms with Crippen molar-refractivity contribution in [2.45, 2.75) is 14.7 Å². The first-order valence-corrected chi connectivity index (χ1v) is 10.2. The van der Waals surface area contributed by atoms with E-state index in [0.29, 0.717) is 0 Å². The monoisotopic (exact) mass is 414 g/mol. The van der Waals surface area contributed by atoms with Gasteiger partial charge in [0, 0.05) is 0 Å². The first-order valence-electron chi connectivity index (χ1n) is 7.22. The smallest absolute Gasteiger partial charge is 0.328 e. The molecule has 0 bridgehead atoms. The fourth-order valence-electron chi connectivity index (χ4n) is 2.08. The van der Waals surface area contributed by atoms with Crippen molar-refractivity contribution in [1.29, 1.82) is 0 Å². The fourth-order valence-corrected chi connectivity index (χ4v) is 4.18. The predicted octanol–water partition coefficient (Wildman–Crippen LogP) is 7.16. The van der Waals surface area contributed by atoms with E-state index in [-0.39, 0.29) is 10.9 Å². The summed E-state index contributed by atoms with van der Waals surface area (Å²) in [4.78, 5) is 4.08. The minimum atomic E-state index is -2.11. The van der Waals surface area contributed by atoms with E-state index in [0.717, 1.165) is 0 Å². The molecule has 0 nitrogen and oxygen atoms in total. The second-order valence-corrected chi connectivity index (χ2v) is 10.7. The zero-order valence-corrected chi connectivity index (χ0v) is 16.5. The maximum Gasteiger partial charge on any atom is 0.328 e. The molecule has 24 heavy (non-hydrogen) atoms. The quantitative estimate of drug-likeness (QED) is 0.314. The molecule has 3 rings (SSSR count). The summed E-state index contributed by atoms with van der Waals surface area (Å²) in [6.45, 7) is 0.